The van der Waals surface area contributed by atoms with Crippen molar-refractivity contribution >= 4 is 5.97 Å². The van der Waals surface area contributed by atoms with E-state index < -0.39 is 11.5 Å². The van der Waals surface area contributed by atoms with Gasteiger partial charge in [0.25, 0.3) is 0 Å². The molecule has 2 aromatic rings. The van der Waals surface area contributed by atoms with Crippen LogP contribution in [0.1, 0.15) is 26.3 Å². The van der Waals surface area contributed by atoms with Gasteiger partial charge < -0.3 is 19.9 Å². The van der Waals surface area contributed by atoms with Crippen molar-refractivity contribution in [3.8, 4) is 29.1 Å². The SMILES string of the molecule is CCOc1cc(Oc2ccc(OC(=O)C(C)(C)N)cc2)ccc1C#N. The minimum atomic E-state index is -1.06. The monoisotopic (exact) mass is 340 g/mol. The molecule has 2 aromatic carbocycles. The molecule has 0 aliphatic rings. The molecule has 0 saturated heterocycles. The lowest BCUT2D eigenvalue weighted by atomic mass is 10.1. The number of carbonyl (C=O) groups excluding carboxylic acids is 1. The third-order valence-electron chi connectivity index (χ3n) is 3.17. The molecule has 0 fully saturated rings. The summed E-state index contributed by atoms with van der Waals surface area (Å²) in [6, 6.07) is 13.6. The number of hydrogen-bond donors (Lipinski definition) is 1. The molecule has 0 bridgehead atoms. The number of ether oxygens (including phenoxy) is 3. The zero-order valence-electron chi connectivity index (χ0n) is 14.4. The van der Waals surface area contributed by atoms with Crippen LogP contribution in [0.5, 0.6) is 23.0 Å². The number of rotatable bonds is 6. The van der Waals surface area contributed by atoms with Gasteiger partial charge >= 0.3 is 5.97 Å². The van der Waals surface area contributed by atoms with Crippen LogP contribution in [0.15, 0.2) is 42.5 Å². The van der Waals surface area contributed by atoms with Crippen LogP contribution in [0.4, 0.5) is 0 Å². The van der Waals surface area contributed by atoms with Crippen LogP contribution >= 0.6 is 0 Å². The van der Waals surface area contributed by atoms with E-state index in [0.717, 1.165) is 0 Å². The van der Waals surface area contributed by atoms with Gasteiger partial charge in [-0.1, -0.05) is 0 Å². The summed E-state index contributed by atoms with van der Waals surface area (Å²) in [4.78, 5) is 11.8. The Morgan fingerprint density at radius 1 is 1.12 bits per heavy atom. The second kappa shape index (κ2) is 7.69. The summed E-state index contributed by atoms with van der Waals surface area (Å²) in [5, 5.41) is 9.06. The third-order valence-corrected chi connectivity index (χ3v) is 3.17. The molecular weight excluding hydrogens is 320 g/mol. The van der Waals surface area contributed by atoms with Crippen molar-refractivity contribution in [1.82, 2.24) is 0 Å². The van der Waals surface area contributed by atoms with Gasteiger partial charge in [0.2, 0.25) is 0 Å². The highest BCUT2D eigenvalue weighted by atomic mass is 16.5. The summed E-state index contributed by atoms with van der Waals surface area (Å²) >= 11 is 0. The Morgan fingerprint density at radius 2 is 1.72 bits per heavy atom. The van der Waals surface area contributed by atoms with Crippen molar-refractivity contribution < 1.29 is 19.0 Å². The standard InChI is InChI=1S/C19H20N2O4/c1-4-23-17-11-16(6-5-13(17)12-20)24-14-7-9-15(10-8-14)25-18(22)19(2,3)21/h5-11H,4,21H2,1-3H3. The molecule has 0 unspecified atom stereocenters. The predicted molar refractivity (Wildman–Crippen MR) is 92.7 cm³/mol. The molecule has 0 amide bonds. The second-order valence-corrected chi connectivity index (χ2v) is 5.89. The lowest BCUT2D eigenvalue weighted by Gasteiger charge is -2.16. The summed E-state index contributed by atoms with van der Waals surface area (Å²) < 4.78 is 16.4. The van der Waals surface area contributed by atoms with E-state index in [2.05, 4.69) is 6.07 Å². The van der Waals surface area contributed by atoms with Gasteiger partial charge in [0.05, 0.1) is 12.2 Å². The van der Waals surface area contributed by atoms with Gasteiger partial charge in [0.15, 0.2) is 0 Å². The number of nitrogens with zero attached hydrogens (tertiary/aromatic N) is 1. The number of esters is 1. The summed E-state index contributed by atoms with van der Waals surface area (Å²) in [6.07, 6.45) is 0. The lowest BCUT2D eigenvalue weighted by molar-refractivity contribution is -0.139. The van der Waals surface area contributed by atoms with Gasteiger partial charge in [0, 0.05) is 6.07 Å². The van der Waals surface area contributed by atoms with E-state index in [-0.39, 0.29) is 0 Å². The van der Waals surface area contributed by atoms with Crippen LogP contribution in [0.3, 0.4) is 0 Å². The van der Waals surface area contributed by atoms with Crippen LogP contribution < -0.4 is 19.9 Å². The predicted octanol–water partition coefficient (Wildman–Crippen LogP) is 3.39. The molecule has 0 saturated carbocycles. The van der Waals surface area contributed by atoms with E-state index in [4.69, 9.17) is 25.2 Å². The maximum Gasteiger partial charge on any atom is 0.330 e. The number of carbonyl (C=O) groups is 1. The smallest absolute Gasteiger partial charge is 0.330 e. The van der Waals surface area contributed by atoms with Gasteiger partial charge in [-0.15, -0.1) is 0 Å². The highest BCUT2D eigenvalue weighted by Crippen LogP contribution is 2.29. The van der Waals surface area contributed by atoms with E-state index in [1.165, 1.54) is 0 Å². The Bertz CT molecular complexity index is 787. The van der Waals surface area contributed by atoms with Crippen molar-refractivity contribution in [1.29, 1.82) is 5.26 Å². The summed E-state index contributed by atoms with van der Waals surface area (Å²) in [5.41, 5.74) is 5.07. The summed E-state index contributed by atoms with van der Waals surface area (Å²) in [6.45, 7) is 5.45. The molecule has 0 spiro atoms. The molecule has 0 aromatic heterocycles. The number of nitrogens with two attached hydrogens (primary N) is 1. The second-order valence-electron chi connectivity index (χ2n) is 5.89. The molecule has 6 heteroatoms. The Hall–Kier alpha value is -3.04. The van der Waals surface area contributed by atoms with Crippen LogP contribution in [0.2, 0.25) is 0 Å². The maximum absolute atomic E-state index is 11.8. The lowest BCUT2D eigenvalue weighted by Crippen LogP contribution is -2.44. The van der Waals surface area contributed by atoms with E-state index in [9.17, 15) is 4.79 Å². The number of nitriles is 1. The minimum Gasteiger partial charge on any atom is -0.492 e. The molecule has 2 rings (SSSR count). The first-order valence-electron chi connectivity index (χ1n) is 7.79. The topological polar surface area (TPSA) is 94.6 Å². The number of benzene rings is 2. The molecule has 25 heavy (non-hydrogen) atoms. The van der Waals surface area contributed by atoms with Crippen LogP contribution in [-0.4, -0.2) is 18.1 Å². The summed E-state index contributed by atoms with van der Waals surface area (Å²) in [5.74, 6) is 1.42. The molecule has 0 aliphatic heterocycles. The fourth-order valence-electron chi connectivity index (χ4n) is 1.88. The first kappa shape index (κ1) is 18.3. The molecule has 2 N–H and O–H groups in total. The molecule has 0 aliphatic carbocycles. The molecule has 0 atom stereocenters. The summed E-state index contributed by atoms with van der Waals surface area (Å²) in [7, 11) is 0. The van der Waals surface area contributed by atoms with E-state index in [0.29, 0.717) is 35.2 Å². The first-order chi connectivity index (χ1) is 11.8. The minimum absolute atomic E-state index is 0.380. The van der Waals surface area contributed by atoms with Crippen LogP contribution in [0, 0.1) is 11.3 Å². The fraction of sp³-hybridized carbons (Fsp3) is 0.263. The van der Waals surface area contributed by atoms with E-state index >= 15 is 0 Å². The average Bonchev–Trinajstić information content (AvgIpc) is 2.56. The van der Waals surface area contributed by atoms with E-state index in [1.807, 2.05) is 6.92 Å². The highest BCUT2D eigenvalue weighted by molar-refractivity contribution is 5.81. The normalized spacial score (nSPS) is 10.7. The quantitative estimate of drug-likeness (QED) is 0.640. The Labute approximate surface area is 146 Å². The van der Waals surface area contributed by atoms with Crippen molar-refractivity contribution in [2.45, 2.75) is 26.3 Å². The fourth-order valence-corrected chi connectivity index (χ4v) is 1.88. The molecule has 0 heterocycles. The van der Waals surface area contributed by atoms with E-state index in [1.54, 1.807) is 56.3 Å². The van der Waals surface area contributed by atoms with Crippen molar-refractivity contribution in [2.24, 2.45) is 5.73 Å². The first-order valence-corrected chi connectivity index (χ1v) is 7.79. The van der Waals surface area contributed by atoms with Gasteiger partial charge in [-0.2, -0.15) is 5.26 Å². The Balaban J connectivity index is 2.10. The van der Waals surface area contributed by atoms with Crippen LogP contribution in [0.25, 0.3) is 0 Å². The Kier molecular flexibility index (Phi) is 5.63. The molecular formula is C19H20N2O4. The largest absolute Gasteiger partial charge is 0.492 e. The van der Waals surface area contributed by atoms with Crippen molar-refractivity contribution in [2.75, 3.05) is 6.61 Å². The zero-order chi connectivity index (χ0) is 18.4. The van der Waals surface area contributed by atoms with Crippen molar-refractivity contribution in [3.63, 3.8) is 0 Å². The molecule has 130 valence electrons. The Morgan fingerprint density at radius 3 is 2.28 bits per heavy atom. The zero-order valence-corrected chi connectivity index (χ0v) is 14.4. The van der Waals surface area contributed by atoms with Gasteiger partial charge in [-0.05, 0) is 57.2 Å². The maximum atomic E-state index is 11.8. The van der Waals surface area contributed by atoms with Crippen LogP contribution in [-0.2, 0) is 4.79 Å². The van der Waals surface area contributed by atoms with Gasteiger partial charge in [-0.3, -0.25) is 0 Å². The third kappa shape index (κ3) is 4.96. The molecule has 0 radical (unpaired) electrons. The average molecular weight is 340 g/mol. The van der Waals surface area contributed by atoms with Gasteiger partial charge in [-0.25, -0.2) is 4.79 Å². The van der Waals surface area contributed by atoms with Gasteiger partial charge in [0.1, 0.15) is 34.6 Å². The molecule has 6 nitrogen and oxygen atoms in total. The highest BCUT2D eigenvalue weighted by Gasteiger charge is 2.24. The van der Waals surface area contributed by atoms with Crippen molar-refractivity contribution in [3.05, 3.63) is 48.0 Å². The number of hydrogen-bond acceptors (Lipinski definition) is 6.